The Hall–Kier alpha value is -1.41. The minimum atomic E-state index is 1.21. The molecule has 0 saturated heterocycles. The molecule has 1 aliphatic rings. The van der Waals surface area contributed by atoms with E-state index in [0.29, 0.717) is 0 Å². The molecule has 1 N–H and O–H groups in total. The van der Waals surface area contributed by atoms with Crippen molar-refractivity contribution < 1.29 is 0 Å². The standard InChI is InChI=1S/C21H27NS/c1-2-3-4-5-6-7-8-11-17-14-15-19-21(16-17)23-20-13-10-9-12-18(20)22-19/h9-10,12-16,22H,2-8,11H2,1H3. The molecule has 0 saturated carbocycles. The second-order valence-electron chi connectivity index (χ2n) is 6.43. The van der Waals surface area contributed by atoms with Gasteiger partial charge in [0.2, 0.25) is 0 Å². The molecule has 0 amide bonds. The van der Waals surface area contributed by atoms with Crippen LogP contribution in [0.15, 0.2) is 52.3 Å². The second kappa shape index (κ2) is 8.44. The first-order valence-corrected chi connectivity index (χ1v) is 9.85. The Bertz CT molecular complexity index is 635. The number of aryl methyl sites for hydroxylation is 1. The van der Waals surface area contributed by atoms with Gasteiger partial charge in [0, 0.05) is 9.79 Å². The first kappa shape index (κ1) is 16.4. The molecule has 23 heavy (non-hydrogen) atoms. The first-order valence-electron chi connectivity index (χ1n) is 9.03. The van der Waals surface area contributed by atoms with Crippen LogP contribution in [0, 0.1) is 0 Å². The van der Waals surface area contributed by atoms with Gasteiger partial charge in [-0.25, -0.2) is 0 Å². The Kier molecular flexibility index (Phi) is 6.04. The molecular weight excluding hydrogens is 298 g/mol. The number of para-hydroxylation sites is 1. The highest BCUT2D eigenvalue weighted by Crippen LogP contribution is 2.44. The summed E-state index contributed by atoms with van der Waals surface area (Å²) in [7, 11) is 0. The van der Waals surface area contributed by atoms with E-state index in [1.165, 1.54) is 78.1 Å². The zero-order valence-corrected chi connectivity index (χ0v) is 14.9. The lowest BCUT2D eigenvalue weighted by atomic mass is 10.0. The van der Waals surface area contributed by atoms with Gasteiger partial charge in [0.15, 0.2) is 0 Å². The highest BCUT2D eigenvalue weighted by Gasteiger charge is 2.15. The lowest BCUT2D eigenvalue weighted by Gasteiger charge is -2.21. The molecule has 0 bridgehead atoms. The normalized spacial score (nSPS) is 12.4. The van der Waals surface area contributed by atoms with E-state index in [-0.39, 0.29) is 0 Å². The Morgan fingerprint density at radius 1 is 0.783 bits per heavy atom. The molecule has 1 heterocycles. The van der Waals surface area contributed by atoms with E-state index in [1.807, 2.05) is 11.8 Å². The number of rotatable bonds is 8. The average Bonchev–Trinajstić information content (AvgIpc) is 2.59. The molecule has 0 unspecified atom stereocenters. The fourth-order valence-corrected chi connectivity index (χ4v) is 4.17. The van der Waals surface area contributed by atoms with Gasteiger partial charge < -0.3 is 5.32 Å². The molecule has 2 heteroatoms. The van der Waals surface area contributed by atoms with Crippen LogP contribution >= 0.6 is 11.8 Å². The molecule has 0 atom stereocenters. The zero-order chi connectivity index (χ0) is 15.9. The van der Waals surface area contributed by atoms with Crippen LogP contribution in [0.25, 0.3) is 0 Å². The van der Waals surface area contributed by atoms with E-state index in [9.17, 15) is 0 Å². The molecule has 0 aliphatic carbocycles. The minimum absolute atomic E-state index is 1.21. The van der Waals surface area contributed by atoms with Crippen molar-refractivity contribution in [3.63, 3.8) is 0 Å². The molecule has 2 aromatic rings. The van der Waals surface area contributed by atoms with Gasteiger partial charge in [0.05, 0.1) is 11.4 Å². The van der Waals surface area contributed by atoms with E-state index in [4.69, 9.17) is 0 Å². The molecule has 1 aliphatic heterocycles. The third-order valence-corrected chi connectivity index (χ3v) is 5.62. The van der Waals surface area contributed by atoms with Crippen molar-refractivity contribution in [1.29, 1.82) is 0 Å². The third-order valence-electron chi connectivity index (χ3n) is 4.49. The summed E-state index contributed by atoms with van der Waals surface area (Å²) >= 11 is 1.89. The van der Waals surface area contributed by atoms with Crippen LogP contribution in [-0.4, -0.2) is 0 Å². The van der Waals surface area contributed by atoms with Gasteiger partial charge in [-0.05, 0) is 42.7 Å². The van der Waals surface area contributed by atoms with E-state index in [1.54, 1.807) is 0 Å². The number of anilines is 2. The summed E-state index contributed by atoms with van der Waals surface area (Å²) in [5.74, 6) is 0. The Labute approximate surface area is 144 Å². The van der Waals surface area contributed by atoms with Crippen LogP contribution in [0.4, 0.5) is 11.4 Å². The number of hydrogen-bond donors (Lipinski definition) is 1. The van der Waals surface area contributed by atoms with Crippen molar-refractivity contribution in [1.82, 2.24) is 0 Å². The van der Waals surface area contributed by atoms with Crippen LogP contribution in [0.5, 0.6) is 0 Å². The molecule has 122 valence electrons. The van der Waals surface area contributed by atoms with Crippen molar-refractivity contribution in [2.75, 3.05) is 5.32 Å². The summed E-state index contributed by atoms with van der Waals surface area (Å²) < 4.78 is 0. The van der Waals surface area contributed by atoms with E-state index in [2.05, 4.69) is 54.7 Å². The molecule has 3 rings (SSSR count). The summed E-state index contributed by atoms with van der Waals surface area (Å²) in [4.78, 5) is 2.69. The number of unbranched alkanes of at least 4 members (excludes halogenated alkanes) is 6. The van der Waals surface area contributed by atoms with Crippen molar-refractivity contribution in [2.24, 2.45) is 0 Å². The summed E-state index contributed by atoms with van der Waals surface area (Å²) in [6, 6.07) is 15.5. The van der Waals surface area contributed by atoms with Gasteiger partial charge in [-0.1, -0.05) is 75.4 Å². The second-order valence-corrected chi connectivity index (χ2v) is 7.51. The van der Waals surface area contributed by atoms with Crippen molar-refractivity contribution in [2.45, 2.75) is 68.1 Å². The number of hydrogen-bond acceptors (Lipinski definition) is 2. The zero-order valence-electron chi connectivity index (χ0n) is 14.1. The molecule has 1 nitrogen and oxygen atoms in total. The van der Waals surface area contributed by atoms with Gasteiger partial charge in [-0.3, -0.25) is 0 Å². The summed E-state index contributed by atoms with van der Waals surface area (Å²) in [5.41, 5.74) is 3.95. The Morgan fingerprint density at radius 3 is 2.39 bits per heavy atom. The summed E-state index contributed by atoms with van der Waals surface area (Å²) in [6.07, 6.45) is 10.9. The number of nitrogens with one attached hydrogen (secondary N) is 1. The molecular formula is C21H27NS. The fraction of sp³-hybridized carbons (Fsp3) is 0.429. The largest absolute Gasteiger partial charge is 0.354 e. The van der Waals surface area contributed by atoms with E-state index in [0.717, 1.165) is 0 Å². The molecule has 0 spiro atoms. The predicted octanol–water partition coefficient (Wildman–Crippen LogP) is 7.19. The smallest absolute Gasteiger partial charge is 0.0526 e. The monoisotopic (exact) mass is 325 g/mol. The lowest BCUT2D eigenvalue weighted by Crippen LogP contribution is -2.00. The van der Waals surface area contributed by atoms with Crippen molar-refractivity contribution >= 4 is 23.1 Å². The molecule has 0 fully saturated rings. The van der Waals surface area contributed by atoms with Crippen molar-refractivity contribution in [3.8, 4) is 0 Å². The fourth-order valence-electron chi connectivity index (χ4n) is 3.12. The van der Waals surface area contributed by atoms with Crippen LogP contribution in [0.2, 0.25) is 0 Å². The Balaban J connectivity index is 1.50. The third kappa shape index (κ3) is 4.54. The van der Waals surface area contributed by atoms with E-state index >= 15 is 0 Å². The maximum atomic E-state index is 3.54. The highest BCUT2D eigenvalue weighted by molar-refractivity contribution is 7.99. The first-order chi connectivity index (χ1) is 11.4. The van der Waals surface area contributed by atoms with Gasteiger partial charge in [0.1, 0.15) is 0 Å². The van der Waals surface area contributed by atoms with Gasteiger partial charge >= 0.3 is 0 Å². The summed E-state index contributed by atoms with van der Waals surface area (Å²) in [5, 5.41) is 3.54. The van der Waals surface area contributed by atoms with Gasteiger partial charge in [-0.15, -0.1) is 0 Å². The van der Waals surface area contributed by atoms with Crippen LogP contribution < -0.4 is 5.32 Å². The Morgan fingerprint density at radius 2 is 1.52 bits per heavy atom. The maximum absolute atomic E-state index is 3.54. The minimum Gasteiger partial charge on any atom is -0.354 e. The average molecular weight is 326 g/mol. The van der Waals surface area contributed by atoms with Crippen LogP contribution in [0.3, 0.4) is 0 Å². The molecule has 0 radical (unpaired) electrons. The number of fused-ring (bicyclic) bond motifs is 2. The van der Waals surface area contributed by atoms with Crippen molar-refractivity contribution in [3.05, 3.63) is 48.0 Å². The quantitative estimate of drug-likeness (QED) is 0.440. The van der Waals surface area contributed by atoms with Gasteiger partial charge in [0.25, 0.3) is 0 Å². The van der Waals surface area contributed by atoms with Crippen LogP contribution in [-0.2, 0) is 6.42 Å². The lowest BCUT2D eigenvalue weighted by molar-refractivity contribution is 0.589. The molecule has 0 aromatic heterocycles. The molecule has 2 aromatic carbocycles. The van der Waals surface area contributed by atoms with Gasteiger partial charge in [-0.2, -0.15) is 0 Å². The SMILES string of the molecule is CCCCCCCCCc1ccc2c(c1)Sc1ccccc1N2. The van der Waals surface area contributed by atoms with E-state index < -0.39 is 0 Å². The number of benzene rings is 2. The predicted molar refractivity (Wildman–Crippen MR) is 102 cm³/mol. The maximum Gasteiger partial charge on any atom is 0.0526 e. The highest BCUT2D eigenvalue weighted by atomic mass is 32.2. The van der Waals surface area contributed by atoms with Crippen LogP contribution in [0.1, 0.15) is 57.4 Å². The topological polar surface area (TPSA) is 12.0 Å². The summed E-state index contributed by atoms with van der Waals surface area (Å²) in [6.45, 7) is 2.28.